The largest absolute Gasteiger partial charge is 0.391 e. The number of hydrazine groups is 1. The number of hydrogen-bond acceptors (Lipinski definition) is 4. The first-order chi connectivity index (χ1) is 7.06. The van der Waals surface area contributed by atoms with Gasteiger partial charge in [0.25, 0.3) is 0 Å². The van der Waals surface area contributed by atoms with Crippen LogP contribution >= 0.6 is 0 Å². The van der Waals surface area contributed by atoms with E-state index in [0.717, 1.165) is 6.42 Å². The lowest BCUT2D eigenvalue weighted by molar-refractivity contribution is -0.121. The number of amides is 1. The molecule has 1 atom stereocenters. The van der Waals surface area contributed by atoms with Gasteiger partial charge in [-0.3, -0.25) is 10.2 Å². The van der Waals surface area contributed by atoms with Crippen LogP contribution in [0.25, 0.3) is 0 Å². The van der Waals surface area contributed by atoms with Crippen molar-refractivity contribution in [2.75, 3.05) is 13.2 Å². The van der Waals surface area contributed by atoms with E-state index in [1.165, 1.54) is 0 Å². The minimum Gasteiger partial charge on any atom is -0.391 e. The summed E-state index contributed by atoms with van der Waals surface area (Å²) in [5, 5.41) is 9.41. The molecule has 0 heterocycles. The monoisotopic (exact) mass is 218 g/mol. The molecular formula is C10H22N2O3. The van der Waals surface area contributed by atoms with Crippen LogP contribution in [0.15, 0.2) is 0 Å². The van der Waals surface area contributed by atoms with Crippen LogP contribution in [0.5, 0.6) is 0 Å². The maximum absolute atomic E-state index is 10.7. The summed E-state index contributed by atoms with van der Waals surface area (Å²) in [5.41, 5.74) is 2.01. The third-order valence-electron chi connectivity index (χ3n) is 2.02. The fraction of sp³-hybridized carbons (Fsp3) is 0.900. The second-order valence-electron chi connectivity index (χ2n) is 4.02. The third kappa shape index (κ3) is 9.65. The van der Waals surface area contributed by atoms with Crippen LogP contribution in [0.4, 0.5) is 0 Å². The number of carbonyl (C=O) groups is 1. The lowest BCUT2D eigenvalue weighted by Gasteiger charge is -2.11. The van der Waals surface area contributed by atoms with Crippen molar-refractivity contribution in [1.82, 2.24) is 5.43 Å². The average molecular weight is 218 g/mol. The second kappa shape index (κ2) is 8.64. The van der Waals surface area contributed by atoms with Gasteiger partial charge in [0.2, 0.25) is 5.91 Å². The van der Waals surface area contributed by atoms with Gasteiger partial charge in [0.05, 0.1) is 12.7 Å². The molecule has 0 aromatic heterocycles. The molecule has 15 heavy (non-hydrogen) atoms. The van der Waals surface area contributed by atoms with E-state index in [1.54, 1.807) is 0 Å². The Hall–Kier alpha value is -0.650. The predicted molar refractivity (Wildman–Crippen MR) is 57.8 cm³/mol. The first-order valence-electron chi connectivity index (χ1n) is 5.31. The summed E-state index contributed by atoms with van der Waals surface area (Å²) in [6, 6.07) is 0. The molecule has 1 amide bonds. The van der Waals surface area contributed by atoms with E-state index in [4.69, 9.17) is 10.6 Å². The van der Waals surface area contributed by atoms with Gasteiger partial charge in [-0.05, 0) is 18.8 Å². The van der Waals surface area contributed by atoms with Crippen LogP contribution in [-0.2, 0) is 9.53 Å². The maximum Gasteiger partial charge on any atom is 0.233 e. The number of ether oxygens (including phenoxy) is 1. The molecule has 0 rings (SSSR count). The minimum atomic E-state index is -0.588. The Balaban J connectivity index is 3.33. The molecule has 0 spiro atoms. The Labute approximate surface area is 91.0 Å². The Morgan fingerprint density at radius 2 is 2.13 bits per heavy atom. The number of nitrogens with one attached hydrogen (secondary N) is 1. The van der Waals surface area contributed by atoms with Crippen LogP contribution < -0.4 is 11.3 Å². The van der Waals surface area contributed by atoms with E-state index in [0.29, 0.717) is 18.9 Å². The van der Waals surface area contributed by atoms with Crippen molar-refractivity contribution < 1.29 is 14.6 Å². The standard InChI is InChI=1S/C10H22N2O3/c1-8(2)5-6-15-7-9(13)3-4-10(14)12-11/h8-9,13H,3-7,11H2,1-2H3,(H,12,14)/t9-/m1/s1. The van der Waals surface area contributed by atoms with Crippen molar-refractivity contribution in [3.05, 3.63) is 0 Å². The van der Waals surface area contributed by atoms with Gasteiger partial charge in [0.15, 0.2) is 0 Å². The van der Waals surface area contributed by atoms with Crippen molar-refractivity contribution >= 4 is 5.91 Å². The molecular weight excluding hydrogens is 196 g/mol. The Morgan fingerprint density at radius 3 is 2.67 bits per heavy atom. The van der Waals surface area contributed by atoms with Gasteiger partial charge in [-0.25, -0.2) is 5.84 Å². The molecule has 0 aliphatic heterocycles. The SMILES string of the molecule is CC(C)CCOC[C@H](O)CCC(=O)NN. The average Bonchev–Trinajstić information content (AvgIpc) is 2.20. The zero-order valence-corrected chi connectivity index (χ0v) is 9.53. The molecule has 0 aromatic carbocycles. The highest BCUT2D eigenvalue weighted by molar-refractivity contribution is 5.75. The fourth-order valence-electron chi connectivity index (χ4n) is 0.992. The number of rotatable bonds is 8. The van der Waals surface area contributed by atoms with Crippen molar-refractivity contribution in [2.24, 2.45) is 11.8 Å². The van der Waals surface area contributed by atoms with Crippen molar-refractivity contribution in [3.8, 4) is 0 Å². The van der Waals surface area contributed by atoms with E-state index in [2.05, 4.69) is 13.8 Å². The fourth-order valence-corrected chi connectivity index (χ4v) is 0.992. The van der Waals surface area contributed by atoms with Gasteiger partial charge in [0, 0.05) is 13.0 Å². The molecule has 0 saturated carbocycles. The van der Waals surface area contributed by atoms with Crippen LogP contribution in [0.3, 0.4) is 0 Å². The number of carbonyl (C=O) groups excluding carboxylic acids is 1. The summed E-state index contributed by atoms with van der Waals surface area (Å²) in [6.07, 6.45) is 1.00. The quantitative estimate of drug-likeness (QED) is 0.235. The van der Waals surface area contributed by atoms with E-state index in [1.807, 2.05) is 5.43 Å². The van der Waals surface area contributed by atoms with E-state index in [-0.39, 0.29) is 18.9 Å². The van der Waals surface area contributed by atoms with E-state index < -0.39 is 6.10 Å². The Morgan fingerprint density at radius 1 is 1.47 bits per heavy atom. The lowest BCUT2D eigenvalue weighted by atomic mass is 10.1. The van der Waals surface area contributed by atoms with Gasteiger partial charge in [0.1, 0.15) is 0 Å². The van der Waals surface area contributed by atoms with Crippen LogP contribution in [0.2, 0.25) is 0 Å². The van der Waals surface area contributed by atoms with Gasteiger partial charge < -0.3 is 9.84 Å². The van der Waals surface area contributed by atoms with Crippen LogP contribution in [-0.4, -0.2) is 30.3 Å². The summed E-state index contributed by atoms with van der Waals surface area (Å²) in [7, 11) is 0. The molecule has 0 radical (unpaired) electrons. The van der Waals surface area contributed by atoms with Crippen molar-refractivity contribution in [1.29, 1.82) is 0 Å². The van der Waals surface area contributed by atoms with E-state index >= 15 is 0 Å². The Bertz CT molecular complexity index is 174. The number of aliphatic hydroxyl groups excluding tert-OH is 1. The minimum absolute atomic E-state index is 0.227. The first kappa shape index (κ1) is 14.3. The molecule has 0 bridgehead atoms. The summed E-state index contributed by atoms with van der Waals surface area (Å²) in [6.45, 7) is 5.17. The highest BCUT2D eigenvalue weighted by Gasteiger charge is 2.07. The lowest BCUT2D eigenvalue weighted by Crippen LogP contribution is -2.31. The molecule has 90 valence electrons. The summed E-state index contributed by atoms with van der Waals surface area (Å²) >= 11 is 0. The topological polar surface area (TPSA) is 84.6 Å². The number of hydrogen-bond donors (Lipinski definition) is 3. The predicted octanol–water partition coefficient (Wildman–Crippen LogP) is 0.180. The molecule has 0 aliphatic rings. The van der Waals surface area contributed by atoms with Crippen molar-refractivity contribution in [3.63, 3.8) is 0 Å². The third-order valence-corrected chi connectivity index (χ3v) is 2.02. The van der Waals surface area contributed by atoms with Crippen LogP contribution in [0, 0.1) is 5.92 Å². The summed E-state index contributed by atoms with van der Waals surface area (Å²) in [5.74, 6) is 5.24. The molecule has 0 fully saturated rings. The maximum atomic E-state index is 10.7. The highest BCUT2D eigenvalue weighted by Crippen LogP contribution is 2.01. The molecule has 5 nitrogen and oxygen atoms in total. The van der Waals surface area contributed by atoms with Gasteiger partial charge in [-0.1, -0.05) is 13.8 Å². The molecule has 0 unspecified atom stereocenters. The second-order valence-corrected chi connectivity index (χ2v) is 4.02. The molecule has 5 heteroatoms. The number of nitrogens with two attached hydrogens (primary N) is 1. The zero-order valence-electron chi connectivity index (χ0n) is 9.53. The molecule has 4 N–H and O–H groups in total. The first-order valence-corrected chi connectivity index (χ1v) is 5.31. The highest BCUT2D eigenvalue weighted by atomic mass is 16.5. The molecule has 0 saturated heterocycles. The Kier molecular flexibility index (Phi) is 8.27. The zero-order chi connectivity index (χ0) is 11.7. The normalized spacial score (nSPS) is 12.9. The summed E-state index contributed by atoms with van der Waals surface area (Å²) in [4.78, 5) is 10.7. The molecule has 0 aliphatic carbocycles. The number of aliphatic hydroxyl groups is 1. The van der Waals surface area contributed by atoms with Gasteiger partial charge in [-0.15, -0.1) is 0 Å². The van der Waals surface area contributed by atoms with Gasteiger partial charge in [-0.2, -0.15) is 0 Å². The summed E-state index contributed by atoms with van der Waals surface area (Å²) < 4.78 is 5.26. The van der Waals surface area contributed by atoms with Crippen LogP contribution in [0.1, 0.15) is 33.1 Å². The molecule has 0 aromatic rings. The van der Waals surface area contributed by atoms with Crippen molar-refractivity contribution in [2.45, 2.75) is 39.2 Å². The van der Waals surface area contributed by atoms with E-state index in [9.17, 15) is 9.90 Å². The smallest absolute Gasteiger partial charge is 0.233 e. The van der Waals surface area contributed by atoms with Gasteiger partial charge >= 0.3 is 0 Å².